The van der Waals surface area contributed by atoms with Gasteiger partial charge in [-0.05, 0) is 49.2 Å². The monoisotopic (exact) mass is 316 g/mol. The second-order valence-electron chi connectivity index (χ2n) is 4.09. The fourth-order valence-corrected chi connectivity index (χ4v) is 0.201. The maximum Gasteiger partial charge on any atom is 0.394 e. The molecular weight excluding hydrogens is 288 g/mol. The fourth-order valence-electron chi connectivity index (χ4n) is 0.201. The Hall–Kier alpha value is -1.00. The van der Waals surface area contributed by atoms with E-state index in [1.165, 1.54) is 0 Å². The minimum absolute atomic E-state index is 0.359. The lowest BCUT2D eigenvalue weighted by atomic mass is 10.6. The normalized spacial score (nSPS) is 9.15. The van der Waals surface area contributed by atoms with Gasteiger partial charge in [-0.3, -0.25) is 9.11 Å². The van der Waals surface area contributed by atoms with E-state index >= 15 is 0 Å². The SMILES string of the molecule is C=CC(=O)OCC.CN(C)C.CN(C)C.O=S(=O)(O)O. The number of rotatable bonds is 2. The van der Waals surface area contributed by atoms with Crippen LogP contribution in [0, 0.1) is 0 Å². The van der Waals surface area contributed by atoms with Gasteiger partial charge in [0.2, 0.25) is 0 Å². The molecule has 20 heavy (non-hydrogen) atoms. The van der Waals surface area contributed by atoms with Gasteiger partial charge < -0.3 is 14.5 Å². The third kappa shape index (κ3) is 272. The second-order valence-corrected chi connectivity index (χ2v) is 4.98. The van der Waals surface area contributed by atoms with Crippen molar-refractivity contribution in [3.8, 4) is 0 Å². The molecule has 0 amide bonds. The Morgan fingerprint density at radius 3 is 1.35 bits per heavy atom. The molecule has 2 N–H and O–H groups in total. The Balaban J connectivity index is -0.0000000883. The van der Waals surface area contributed by atoms with Crippen molar-refractivity contribution in [1.29, 1.82) is 0 Å². The summed E-state index contributed by atoms with van der Waals surface area (Å²) in [6.07, 6.45) is 1.14. The topological polar surface area (TPSA) is 107 Å². The molecular formula is C11H28N2O6S. The molecule has 0 saturated carbocycles. The highest BCUT2D eigenvalue weighted by molar-refractivity contribution is 7.79. The maximum atomic E-state index is 10.1. The molecule has 0 aliphatic heterocycles. The van der Waals surface area contributed by atoms with E-state index in [2.05, 4.69) is 11.3 Å². The highest BCUT2D eigenvalue weighted by atomic mass is 32.3. The molecule has 0 aromatic rings. The molecule has 0 aliphatic carbocycles. The van der Waals surface area contributed by atoms with Crippen LogP contribution in [-0.2, 0) is 19.9 Å². The van der Waals surface area contributed by atoms with E-state index in [0.717, 1.165) is 6.08 Å². The molecule has 0 heterocycles. The van der Waals surface area contributed by atoms with Gasteiger partial charge in [0.1, 0.15) is 0 Å². The number of esters is 1. The summed E-state index contributed by atoms with van der Waals surface area (Å²) in [4.78, 5) is 14.1. The van der Waals surface area contributed by atoms with Gasteiger partial charge in [0.05, 0.1) is 6.61 Å². The number of hydrogen-bond donors (Lipinski definition) is 2. The van der Waals surface area contributed by atoms with Gasteiger partial charge in [0.15, 0.2) is 0 Å². The Kier molecular flexibility index (Phi) is 24.6. The summed E-state index contributed by atoms with van der Waals surface area (Å²) in [5.74, 6) is -0.359. The minimum atomic E-state index is -4.67. The summed E-state index contributed by atoms with van der Waals surface area (Å²) < 4.78 is 36.0. The van der Waals surface area contributed by atoms with Crippen molar-refractivity contribution >= 4 is 16.4 Å². The molecule has 0 radical (unpaired) electrons. The Morgan fingerprint density at radius 1 is 1.10 bits per heavy atom. The van der Waals surface area contributed by atoms with Crippen LogP contribution in [0.3, 0.4) is 0 Å². The van der Waals surface area contributed by atoms with Gasteiger partial charge in [0.25, 0.3) is 0 Å². The molecule has 0 spiro atoms. The molecule has 0 bridgehead atoms. The summed E-state index contributed by atoms with van der Waals surface area (Å²) in [5, 5.41) is 0. The molecule has 0 aromatic carbocycles. The third-order valence-corrected chi connectivity index (χ3v) is 0.453. The summed E-state index contributed by atoms with van der Waals surface area (Å²) in [5.41, 5.74) is 0. The quantitative estimate of drug-likeness (QED) is 0.429. The standard InChI is InChI=1S/C5H8O2.2C3H9N.H2O4S/c1-3-5(6)7-4-2;2*1-4(2)3;1-5(2,3)4/h3H,1,4H2,2H3;2*1-3H3;(H2,1,2,3,4). The molecule has 0 aromatic heterocycles. The summed E-state index contributed by atoms with van der Waals surface area (Å²) in [6, 6.07) is 0. The van der Waals surface area contributed by atoms with Gasteiger partial charge in [0, 0.05) is 6.08 Å². The van der Waals surface area contributed by atoms with Crippen molar-refractivity contribution in [2.75, 3.05) is 48.9 Å². The number of ether oxygens (including phenoxy) is 1. The van der Waals surface area contributed by atoms with Crippen LogP contribution in [0.4, 0.5) is 0 Å². The number of carbonyl (C=O) groups is 1. The molecule has 0 unspecified atom stereocenters. The lowest BCUT2D eigenvalue weighted by molar-refractivity contribution is -0.137. The van der Waals surface area contributed by atoms with Crippen LogP contribution in [0.2, 0.25) is 0 Å². The van der Waals surface area contributed by atoms with Crippen molar-refractivity contribution in [1.82, 2.24) is 9.80 Å². The van der Waals surface area contributed by atoms with E-state index in [9.17, 15) is 4.79 Å². The molecule has 8 nitrogen and oxygen atoms in total. The second kappa shape index (κ2) is 18.0. The van der Waals surface area contributed by atoms with E-state index in [1.807, 2.05) is 52.1 Å². The molecule has 0 saturated heterocycles. The lowest BCUT2D eigenvalue weighted by Gasteiger charge is -1.90. The van der Waals surface area contributed by atoms with Gasteiger partial charge in [-0.2, -0.15) is 8.42 Å². The number of hydrogen-bond acceptors (Lipinski definition) is 6. The Bertz CT molecular complexity index is 295. The van der Waals surface area contributed by atoms with E-state index in [1.54, 1.807) is 6.92 Å². The molecule has 0 aliphatic rings. The molecule has 0 atom stereocenters. The highest BCUT2D eigenvalue weighted by Gasteiger charge is 1.86. The van der Waals surface area contributed by atoms with Crippen LogP contribution in [0.25, 0.3) is 0 Å². The van der Waals surface area contributed by atoms with Crippen molar-refractivity contribution < 1.29 is 27.1 Å². The predicted molar refractivity (Wildman–Crippen MR) is 80.2 cm³/mol. The molecule has 9 heteroatoms. The summed E-state index contributed by atoms with van der Waals surface area (Å²) in [6.45, 7) is 5.38. The number of carbonyl (C=O) groups excluding carboxylic acids is 1. The van der Waals surface area contributed by atoms with Crippen molar-refractivity contribution in [2.45, 2.75) is 6.92 Å². The van der Waals surface area contributed by atoms with Gasteiger partial charge in [-0.1, -0.05) is 6.58 Å². The molecule has 124 valence electrons. The summed E-state index contributed by atoms with van der Waals surface area (Å²) >= 11 is 0. The average molecular weight is 316 g/mol. The largest absolute Gasteiger partial charge is 0.463 e. The van der Waals surface area contributed by atoms with Gasteiger partial charge in [-0.15, -0.1) is 0 Å². The molecule has 0 fully saturated rings. The smallest absolute Gasteiger partial charge is 0.394 e. The maximum absolute atomic E-state index is 10.1. The van der Waals surface area contributed by atoms with E-state index in [0.29, 0.717) is 6.61 Å². The van der Waals surface area contributed by atoms with Crippen LogP contribution < -0.4 is 0 Å². The van der Waals surface area contributed by atoms with Crippen LogP contribution in [0.5, 0.6) is 0 Å². The Morgan fingerprint density at radius 2 is 1.30 bits per heavy atom. The van der Waals surface area contributed by atoms with Crippen molar-refractivity contribution in [3.05, 3.63) is 12.7 Å². The summed E-state index contributed by atoms with van der Waals surface area (Å²) in [7, 11) is 7.33. The van der Waals surface area contributed by atoms with E-state index in [4.69, 9.17) is 17.5 Å². The highest BCUT2D eigenvalue weighted by Crippen LogP contribution is 1.74. The van der Waals surface area contributed by atoms with Crippen molar-refractivity contribution in [2.24, 2.45) is 0 Å². The first kappa shape index (κ1) is 27.4. The van der Waals surface area contributed by atoms with E-state index in [-0.39, 0.29) is 5.97 Å². The van der Waals surface area contributed by atoms with E-state index < -0.39 is 10.4 Å². The molecule has 0 rings (SSSR count). The van der Waals surface area contributed by atoms with Gasteiger partial charge >= 0.3 is 16.4 Å². The lowest BCUT2D eigenvalue weighted by Crippen LogP contribution is -1.99. The average Bonchev–Trinajstić information content (AvgIpc) is 2.13. The first-order valence-electron chi connectivity index (χ1n) is 5.48. The van der Waals surface area contributed by atoms with Crippen LogP contribution in [0.1, 0.15) is 6.92 Å². The Labute approximate surface area is 122 Å². The van der Waals surface area contributed by atoms with Crippen molar-refractivity contribution in [3.63, 3.8) is 0 Å². The fraction of sp³-hybridized carbons (Fsp3) is 0.727. The van der Waals surface area contributed by atoms with Crippen LogP contribution in [-0.4, -0.2) is 82.2 Å². The zero-order valence-electron chi connectivity index (χ0n) is 13.3. The number of nitrogens with zero attached hydrogens (tertiary/aromatic N) is 2. The van der Waals surface area contributed by atoms with Crippen LogP contribution in [0.15, 0.2) is 12.7 Å². The van der Waals surface area contributed by atoms with Gasteiger partial charge in [-0.25, -0.2) is 4.79 Å². The third-order valence-electron chi connectivity index (χ3n) is 0.453. The predicted octanol–water partition coefficient (Wildman–Crippen LogP) is 0.438. The van der Waals surface area contributed by atoms with Crippen LogP contribution >= 0.6 is 0 Å². The first-order chi connectivity index (χ1) is 8.77. The zero-order chi connectivity index (χ0) is 17.4. The zero-order valence-corrected chi connectivity index (χ0v) is 14.1. The first-order valence-corrected chi connectivity index (χ1v) is 6.88. The minimum Gasteiger partial charge on any atom is -0.463 e.